The molecule has 8 heteroatoms. The fourth-order valence-electron chi connectivity index (χ4n) is 0.827. The molecule has 0 aliphatic carbocycles. The van der Waals surface area contributed by atoms with E-state index in [2.05, 4.69) is 0 Å². The summed E-state index contributed by atoms with van der Waals surface area (Å²) < 4.78 is 35.4. The number of rotatable bonds is 4. The highest BCUT2D eigenvalue weighted by Crippen LogP contribution is 2.18. The fourth-order valence-corrected chi connectivity index (χ4v) is 0.827. The van der Waals surface area contributed by atoms with Gasteiger partial charge in [-0.3, -0.25) is 0 Å². The first-order chi connectivity index (χ1) is 7.48. The van der Waals surface area contributed by atoms with E-state index in [0.29, 0.717) is 0 Å². The second-order valence-corrected chi connectivity index (χ2v) is 4.02. The van der Waals surface area contributed by atoms with E-state index >= 15 is 0 Å². The molecule has 0 rings (SSSR count). The maximum Gasteiger partial charge on any atom is 0.390 e. The number of aliphatic carboxylic acids is 1. The van der Waals surface area contributed by atoms with Crippen molar-refractivity contribution < 1.29 is 27.9 Å². The van der Waals surface area contributed by atoms with Crippen molar-refractivity contribution in [1.29, 1.82) is 0 Å². The minimum atomic E-state index is -4.35. The van der Waals surface area contributed by atoms with Crippen molar-refractivity contribution in [2.45, 2.75) is 32.0 Å². The first-order valence-corrected chi connectivity index (χ1v) is 4.80. The third-order valence-corrected chi connectivity index (χ3v) is 2.35. The normalized spacial score (nSPS) is 12.1. The number of carbonyl (C=O) groups is 2. The number of alkyl halides is 3. The van der Waals surface area contributed by atoms with Gasteiger partial charge in [-0.15, -0.1) is 0 Å². The van der Waals surface area contributed by atoms with Gasteiger partial charge in [-0.05, 0) is 13.8 Å². The van der Waals surface area contributed by atoms with Crippen molar-refractivity contribution >= 4 is 12.0 Å². The third-order valence-electron chi connectivity index (χ3n) is 2.35. The molecule has 2 amide bonds. The zero-order valence-corrected chi connectivity index (χ0v) is 9.76. The number of carboxylic acids is 1. The Bertz CT molecular complexity index is 302. The van der Waals surface area contributed by atoms with Crippen molar-refractivity contribution in [1.82, 2.24) is 10.2 Å². The number of nitrogens with one attached hydrogen (secondary N) is 1. The van der Waals surface area contributed by atoms with Crippen LogP contribution in [0.15, 0.2) is 0 Å². The van der Waals surface area contributed by atoms with Gasteiger partial charge in [0.05, 0.1) is 6.42 Å². The fraction of sp³-hybridized carbons (Fsp3) is 0.778. The highest BCUT2D eigenvalue weighted by Gasteiger charge is 2.35. The van der Waals surface area contributed by atoms with Crippen LogP contribution in [0.4, 0.5) is 18.0 Å². The SMILES string of the molecule is CN(C(=O)NCCC(F)(F)F)C(C)(C)C(=O)O. The quantitative estimate of drug-likeness (QED) is 0.799. The molecule has 17 heavy (non-hydrogen) atoms. The van der Waals surface area contributed by atoms with Crippen molar-refractivity contribution in [3.8, 4) is 0 Å². The molecule has 2 N–H and O–H groups in total. The van der Waals surface area contributed by atoms with Crippen LogP contribution >= 0.6 is 0 Å². The predicted octanol–water partition coefficient (Wildman–Crippen LogP) is 1.44. The summed E-state index contributed by atoms with van der Waals surface area (Å²) in [5.74, 6) is -1.24. The zero-order chi connectivity index (χ0) is 13.9. The summed E-state index contributed by atoms with van der Waals surface area (Å²) in [5.41, 5.74) is -1.48. The highest BCUT2D eigenvalue weighted by molar-refractivity contribution is 5.85. The number of likely N-dealkylation sites (N-methyl/N-ethyl adjacent to an activating group) is 1. The lowest BCUT2D eigenvalue weighted by Crippen LogP contribution is -2.54. The third kappa shape index (κ3) is 4.92. The maximum absolute atomic E-state index is 11.8. The van der Waals surface area contributed by atoms with Crippen molar-refractivity contribution in [2.75, 3.05) is 13.6 Å². The van der Waals surface area contributed by atoms with Crippen molar-refractivity contribution in [3.05, 3.63) is 0 Å². The Hall–Kier alpha value is -1.47. The summed E-state index contributed by atoms with van der Waals surface area (Å²) in [5, 5.41) is 10.8. The topological polar surface area (TPSA) is 69.6 Å². The highest BCUT2D eigenvalue weighted by atomic mass is 19.4. The lowest BCUT2D eigenvalue weighted by molar-refractivity contribution is -0.147. The summed E-state index contributed by atoms with van der Waals surface area (Å²) in [6.07, 6.45) is -5.51. The van der Waals surface area contributed by atoms with E-state index < -0.39 is 36.7 Å². The molecular weight excluding hydrogens is 241 g/mol. The second kappa shape index (κ2) is 5.24. The van der Waals surface area contributed by atoms with E-state index in [4.69, 9.17) is 5.11 Å². The Morgan fingerprint density at radius 1 is 1.29 bits per heavy atom. The van der Waals surface area contributed by atoms with Gasteiger partial charge < -0.3 is 15.3 Å². The Labute approximate surface area is 96.6 Å². The number of halogens is 3. The van der Waals surface area contributed by atoms with E-state index in [-0.39, 0.29) is 0 Å². The van der Waals surface area contributed by atoms with Crippen molar-refractivity contribution in [2.24, 2.45) is 0 Å². The Balaban J connectivity index is 4.30. The summed E-state index contributed by atoms with van der Waals surface area (Å²) in [7, 11) is 1.21. The lowest BCUT2D eigenvalue weighted by Gasteiger charge is -2.31. The minimum Gasteiger partial charge on any atom is -0.480 e. The molecule has 0 radical (unpaired) electrons. The summed E-state index contributed by atoms with van der Waals surface area (Å²) >= 11 is 0. The van der Waals surface area contributed by atoms with Crippen LogP contribution in [0.25, 0.3) is 0 Å². The van der Waals surface area contributed by atoms with Crippen molar-refractivity contribution in [3.63, 3.8) is 0 Å². The molecule has 100 valence electrons. The van der Waals surface area contributed by atoms with Crippen LogP contribution in [0.2, 0.25) is 0 Å². The molecule has 0 fully saturated rings. The molecule has 0 aromatic rings. The Morgan fingerprint density at radius 3 is 2.12 bits per heavy atom. The average Bonchev–Trinajstić information content (AvgIpc) is 2.13. The number of hydrogen-bond donors (Lipinski definition) is 2. The van der Waals surface area contributed by atoms with Crippen LogP contribution < -0.4 is 5.32 Å². The van der Waals surface area contributed by atoms with E-state index in [9.17, 15) is 22.8 Å². The molecule has 0 heterocycles. The van der Waals surface area contributed by atoms with Gasteiger partial charge >= 0.3 is 18.2 Å². The summed E-state index contributed by atoms with van der Waals surface area (Å²) in [6.45, 7) is 1.97. The first kappa shape index (κ1) is 15.5. The van der Waals surface area contributed by atoms with Gasteiger partial charge in [0.15, 0.2) is 0 Å². The number of nitrogens with zero attached hydrogens (tertiary/aromatic N) is 1. The van der Waals surface area contributed by atoms with Crippen LogP contribution in [0, 0.1) is 0 Å². The molecule has 0 aromatic carbocycles. The van der Waals surface area contributed by atoms with E-state index in [1.54, 1.807) is 0 Å². The largest absolute Gasteiger partial charge is 0.480 e. The predicted molar refractivity (Wildman–Crippen MR) is 53.5 cm³/mol. The average molecular weight is 256 g/mol. The van der Waals surface area contributed by atoms with Gasteiger partial charge in [0.1, 0.15) is 5.54 Å². The number of amides is 2. The monoisotopic (exact) mass is 256 g/mol. The molecule has 0 unspecified atom stereocenters. The van der Waals surface area contributed by atoms with Gasteiger partial charge in [-0.25, -0.2) is 9.59 Å². The molecule has 0 aliphatic heterocycles. The van der Waals surface area contributed by atoms with Crippen LogP contribution in [-0.4, -0.2) is 47.3 Å². The molecule has 0 spiro atoms. The molecule has 0 aromatic heterocycles. The van der Waals surface area contributed by atoms with Gasteiger partial charge in [-0.2, -0.15) is 13.2 Å². The van der Waals surface area contributed by atoms with Crippen LogP contribution in [0.3, 0.4) is 0 Å². The second-order valence-electron chi connectivity index (χ2n) is 4.02. The van der Waals surface area contributed by atoms with Gasteiger partial charge in [-0.1, -0.05) is 0 Å². The van der Waals surface area contributed by atoms with Gasteiger partial charge in [0.2, 0.25) is 0 Å². The standard InChI is InChI=1S/C9H15F3N2O3/c1-8(2,6(15)16)14(3)7(17)13-5-4-9(10,11)12/h4-5H2,1-3H3,(H,13,17)(H,15,16). The molecule has 0 bridgehead atoms. The molecule has 0 saturated carbocycles. The van der Waals surface area contributed by atoms with Crippen LogP contribution in [-0.2, 0) is 4.79 Å². The Kier molecular flexibility index (Phi) is 4.79. The van der Waals surface area contributed by atoms with Gasteiger partial charge in [0, 0.05) is 13.6 Å². The summed E-state index contributed by atoms with van der Waals surface area (Å²) in [4.78, 5) is 23.0. The molecule has 0 atom stereocenters. The van der Waals surface area contributed by atoms with E-state index in [0.717, 1.165) is 4.90 Å². The summed E-state index contributed by atoms with van der Waals surface area (Å²) in [6, 6.07) is -0.860. The van der Waals surface area contributed by atoms with Crippen LogP contribution in [0.5, 0.6) is 0 Å². The number of urea groups is 1. The minimum absolute atomic E-state index is 0.581. The smallest absolute Gasteiger partial charge is 0.390 e. The molecule has 5 nitrogen and oxygen atoms in total. The zero-order valence-electron chi connectivity index (χ0n) is 9.76. The van der Waals surface area contributed by atoms with Gasteiger partial charge in [0.25, 0.3) is 0 Å². The Morgan fingerprint density at radius 2 is 1.76 bits per heavy atom. The van der Waals surface area contributed by atoms with Crippen LogP contribution in [0.1, 0.15) is 20.3 Å². The number of hydrogen-bond acceptors (Lipinski definition) is 2. The molecule has 0 saturated heterocycles. The van der Waals surface area contributed by atoms with E-state index in [1.807, 2.05) is 5.32 Å². The van der Waals surface area contributed by atoms with E-state index in [1.165, 1.54) is 20.9 Å². The maximum atomic E-state index is 11.8. The molecular formula is C9H15F3N2O3. The lowest BCUT2D eigenvalue weighted by atomic mass is 10.1. The first-order valence-electron chi connectivity index (χ1n) is 4.80. The number of carboxylic acid groups (broad SMARTS) is 1. The molecule has 0 aliphatic rings. The number of carbonyl (C=O) groups excluding carboxylic acids is 1.